The molecule has 2 aromatic rings. The van der Waals surface area contributed by atoms with E-state index in [1.54, 1.807) is 18.1 Å². The molecule has 1 aromatic heterocycles. The molecule has 2 heterocycles. The third kappa shape index (κ3) is 8.48. The summed E-state index contributed by atoms with van der Waals surface area (Å²) in [5, 5.41) is 0.630. The molecule has 0 spiro atoms. The van der Waals surface area contributed by atoms with Crippen LogP contribution in [0.1, 0.15) is 38.1 Å². The second-order valence-corrected chi connectivity index (χ2v) is 10.5. The van der Waals surface area contributed by atoms with E-state index in [1.807, 2.05) is 42.5 Å². The van der Waals surface area contributed by atoms with E-state index in [4.69, 9.17) is 11.2 Å². The Morgan fingerprint density at radius 2 is 1.97 bits per heavy atom. The number of amides is 2. The van der Waals surface area contributed by atoms with Gasteiger partial charge in [-0.15, -0.1) is 6.42 Å². The second kappa shape index (κ2) is 12.5. The number of hydrogen-bond donors (Lipinski definition) is 0. The number of thioether (sulfide) groups is 1. The van der Waals surface area contributed by atoms with Gasteiger partial charge in [0.2, 0.25) is 0 Å². The van der Waals surface area contributed by atoms with Gasteiger partial charge in [-0.3, -0.25) is 9.59 Å². The van der Waals surface area contributed by atoms with E-state index in [0.717, 1.165) is 5.69 Å². The van der Waals surface area contributed by atoms with Crippen molar-refractivity contribution in [3.8, 4) is 18.1 Å². The first-order valence-electron chi connectivity index (χ1n) is 11.3. The van der Waals surface area contributed by atoms with E-state index >= 15 is 0 Å². The van der Waals surface area contributed by atoms with Crippen LogP contribution in [-0.4, -0.2) is 73.3 Å². The number of ether oxygens (including phenoxy) is 1. The fourth-order valence-electron chi connectivity index (χ4n) is 3.00. The minimum absolute atomic E-state index is 0.154. The molecule has 0 N–H and O–H groups in total. The van der Waals surface area contributed by atoms with Crippen molar-refractivity contribution in [1.29, 1.82) is 0 Å². The third-order valence-electron chi connectivity index (χ3n) is 4.72. The Balaban J connectivity index is 0.000000784. The molecule has 0 aliphatic carbocycles. The lowest BCUT2D eigenvalue weighted by atomic mass is 10.0. The summed E-state index contributed by atoms with van der Waals surface area (Å²) in [5.41, 5.74) is 1.69. The average Bonchev–Trinajstić information content (AvgIpc) is 2.93. The zero-order valence-electron chi connectivity index (χ0n) is 21.7. The van der Waals surface area contributed by atoms with Crippen LogP contribution in [0.3, 0.4) is 0 Å². The summed E-state index contributed by atoms with van der Waals surface area (Å²) in [7, 11) is 3.54. The Morgan fingerprint density at radius 1 is 1.29 bits per heavy atom. The Morgan fingerprint density at radius 3 is 2.60 bits per heavy atom. The first kappa shape index (κ1) is 28.0. The van der Waals surface area contributed by atoms with Crippen LogP contribution in [0.5, 0.6) is 5.75 Å². The summed E-state index contributed by atoms with van der Waals surface area (Å²) in [6, 6.07) is 7.31. The highest BCUT2D eigenvalue weighted by Gasteiger charge is 2.28. The quantitative estimate of drug-likeness (QED) is 0.341. The van der Waals surface area contributed by atoms with Crippen molar-refractivity contribution in [2.75, 3.05) is 56.4 Å². The zero-order chi connectivity index (χ0) is 26.2. The number of likely N-dealkylation sites (N-methyl/N-ethyl adjacent to an activating group) is 2. The molecule has 9 heteroatoms. The molecule has 0 unspecified atom stereocenters. The molecule has 0 saturated carbocycles. The average molecular weight is 498 g/mol. The van der Waals surface area contributed by atoms with Crippen molar-refractivity contribution in [3.05, 3.63) is 36.0 Å². The monoisotopic (exact) mass is 497 g/mol. The summed E-state index contributed by atoms with van der Waals surface area (Å²) in [5.74, 6) is 2.76. The van der Waals surface area contributed by atoms with Gasteiger partial charge in [0.05, 0.1) is 6.54 Å². The lowest BCUT2D eigenvalue weighted by Crippen LogP contribution is -2.33. The number of carbonyl (C=O) groups excluding carboxylic acids is 2. The molecule has 35 heavy (non-hydrogen) atoms. The van der Waals surface area contributed by atoms with Crippen molar-refractivity contribution < 1.29 is 14.3 Å². The number of aromatic nitrogens is 2. The number of rotatable bonds is 6. The van der Waals surface area contributed by atoms with Gasteiger partial charge in [0.15, 0.2) is 5.16 Å². The number of anilines is 2. The molecule has 0 fully saturated rings. The van der Waals surface area contributed by atoms with Gasteiger partial charge in [-0.05, 0) is 29.7 Å². The summed E-state index contributed by atoms with van der Waals surface area (Å²) in [6.07, 6.45) is 8.60. The molecule has 1 aliphatic rings. The highest BCUT2D eigenvalue weighted by Crippen LogP contribution is 2.28. The van der Waals surface area contributed by atoms with Crippen LogP contribution >= 0.6 is 11.8 Å². The minimum Gasteiger partial charge on any atom is -0.492 e. The Bertz CT molecular complexity index is 1070. The molecule has 3 rings (SSSR count). The number of benzene rings is 1. The summed E-state index contributed by atoms with van der Waals surface area (Å²) in [4.78, 5) is 38.5. The van der Waals surface area contributed by atoms with Crippen LogP contribution in [0, 0.1) is 17.8 Å². The second-order valence-electron chi connectivity index (χ2n) is 9.69. The molecule has 2 amide bonds. The molecular formula is C26H35N5O3S. The highest BCUT2D eigenvalue weighted by molar-refractivity contribution is 7.98. The summed E-state index contributed by atoms with van der Waals surface area (Å²) < 4.78 is 5.75. The van der Waals surface area contributed by atoms with Crippen molar-refractivity contribution >= 4 is 35.1 Å². The maximum atomic E-state index is 13.2. The molecule has 188 valence electrons. The zero-order valence-corrected chi connectivity index (χ0v) is 22.5. The van der Waals surface area contributed by atoms with Gasteiger partial charge in [-0.25, -0.2) is 9.97 Å². The van der Waals surface area contributed by atoms with Crippen LogP contribution in [0.4, 0.5) is 11.5 Å². The molecule has 1 aromatic carbocycles. The van der Waals surface area contributed by atoms with Crippen LogP contribution in [0.25, 0.3) is 0 Å². The standard InChI is InChI=1S/C21H23N5O3S.C5H12/c1-5-18(27)24(2)11-12-29-16-8-6-7-15(13-16)26-10-9-25(3)19-17(20(26)28)14-22-21(23-19)30-4;1-5(2,3)4/h1,6-8,13-14H,9-12H2,2-4H3;1-4H3. The van der Waals surface area contributed by atoms with Gasteiger partial charge in [0, 0.05) is 45.1 Å². The predicted octanol–water partition coefficient (Wildman–Crippen LogP) is 3.82. The van der Waals surface area contributed by atoms with E-state index in [2.05, 4.69) is 43.6 Å². The van der Waals surface area contributed by atoms with Gasteiger partial charge in [0.25, 0.3) is 11.8 Å². The van der Waals surface area contributed by atoms with Gasteiger partial charge in [0.1, 0.15) is 23.7 Å². The van der Waals surface area contributed by atoms with Crippen molar-refractivity contribution in [1.82, 2.24) is 14.9 Å². The molecule has 0 saturated heterocycles. The Hall–Kier alpha value is -3.25. The van der Waals surface area contributed by atoms with Gasteiger partial charge < -0.3 is 19.4 Å². The predicted molar refractivity (Wildman–Crippen MR) is 142 cm³/mol. The molecule has 0 bridgehead atoms. The third-order valence-corrected chi connectivity index (χ3v) is 5.28. The first-order valence-corrected chi connectivity index (χ1v) is 12.6. The van der Waals surface area contributed by atoms with E-state index in [0.29, 0.717) is 47.3 Å². The normalized spacial score (nSPS) is 13.1. The van der Waals surface area contributed by atoms with Crippen LogP contribution in [0.15, 0.2) is 35.6 Å². The maximum absolute atomic E-state index is 13.2. The summed E-state index contributed by atoms with van der Waals surface area (Å²) >= 11 is 1.44. The minimum atomic E-state index is -0.392. The fourth-order valence-corrected chi connectivity index (χ4v) is 3.34. The van der Waals surface area contributed by atoms with E-state index < -0.39 is 5.91 Å². The first-order chi connectivity index (χ1) is 16.4. The maximum Gasteiger partial charge on any atom is 0.298 e. The molecule has 1 aliphatic heterocycles. The Labute approximate surface area is 213 Å². The molecule has 0 atom stereocenters. The number of hydrogen-bond acceptors (Lipinski definition) is 7. The van der Waals surface area contributed by atoms with E-state index in [1.165, 1.54) is 16.7 Å². The number of terminal acetylenes is 1. The van der Waals surface area contributed by atoms with Gasteiger partial charge in [-0.1, -0.05) is 45.5 Å². The lowest BCUT2D eigenvalue weighted by Gasteiger charge is -2.22. The molecular weight excluding hydrogens is 462 g/mol. The molecule has 0 radical (unpaired) electrons. The summed E-state index contributed by atoms with van der Waals surface area (Å²) in [6.45, 7) is 10.5. The van der Waals surface area contributed by atoms with Crippen molar-refractivity contribution in [2.45, 2.75) is 32.9 Å². The van der Waals surface area contributed by atoms with Crippen LogP contribution in [-0.2, 0) is 4.79 Å². The largest absolute Gasteiger partial charge is 0.492 e. The Kier molecular flexibility index (Phi) is 9.96. The van der Waals surface area contributed by atoms with E-state index in [-0.39, 0.29) is 12.5 Å². The fraction of sp³-hybridized carbons (Fsp3) is 0.462. The van der Waals surface area contributed by atoms with Gasteiger partial charge in [-0.2, -0.15) is 0 Å². The van der Waals surface area contributed by atoms with Gasteiger partial charge >= 0.3 is 0 Å². The van der Waals surface area contributed by atoms with Crippen LogP contribution < -0.4 is 14.5 Å². The van der Waals surface area contributed by atoms with E-state index in [9.17, 15) is 9.59 Å². The van der Waals surface area contributed by atoms with Crippen molar-refractivity contribution in [3.63, 3.8) is 0 Å². The van der Waals surface area contributed by atoms with Crippen molar-refractivity contribution in [2.24, 2.45) is 5.41 Å². The lowest BCUT2D eigenvalue weighted by molar-refractivity contribution is -0.124. The molecule has 8 nitrogen and oxygen atoms in total. The number of carbonyl (C=O) groups is 2. The highest BCUT2D eigenvalue weighted by atomic mass is 32.2. The topological polar surface area (TPSA) is 78.9 Å². The SMILES string of the molecule is C#CC(=O)N(C)CCOc1cccc(N2CCN(C)c3nc(SC)ncc3C2=O)c1.CC(C)(C)C. The van der Waals surface area contributed by atoms with Crippen LogP contribution in [0.2, 0.25) is 0 Å². The number of fused-ring (bicyclic) bond motifs is 1. The smallest absolute Gasteiger partial charge is 0.298 e. The number of nitrogens with zero attached hydrogens (tertiary/aromatic N) is 5.